The van der Waals surface area contributed by atoms with E-state index in [1.807, 2.05) is 6.92 Å². The summed E-state index contributed by atoms with van der Waals surface area (Å²) in [4.78, 5) is 12.1. The third kappa shape index (κ3) is 3.25. The zero-order chi connectivity index (χ0) is 14.6. The van der Waals surface area contributed by atoms with Crippen LogP contribution in [-0.4, -0.2) is 16.3 Å². The summed E-state index contributed by atoms with van der Waals surface area (Å²) in [5.41, 5.74) is 1.17. The van der Waals surface area contributed by atoms with Crippen LogP contribution in [0.5, 0.6) is 0 Å². The summed E-state index contributed by atoms with van der Waals surface area (Å²) < 4.78 is 2.12. The molecule has 1 N–H and O–H groups in total. The lowest BCUT2D eigenvalue weighted by molar-refractivity contribution is 0.306. The van der Waals surface area contributed by atoms with Gasteiger partial charge in [0, 0.05) is 13.1 Å². The minimum Gasteiger partial charge on any atom is -0.382 e. The predicted molar refractivity (Wildman–Crippen MR) is 86.2 cm³/mol. The average Bonchev–Trinajstić information content (AvgIpc) is 2.93. The van der Waals surface area contributed by atoms with E-state index in [-0.39, 0.29) is 5.56 Å². The van der Waals surface area contributed by atoms with Crippen molar-refractivity contribution in [3.8, 4) is 0 Å². The van der Waals surface area contributed by atoms with Gasteiger partial charge in [0.1, 0.15) is 4.47 Å². The minimum atomic E-state index is -0.0474. The first kappa shape index (κ1) is 15.5. The van der Waals surface area contributed by atoms with Gasteiger partial charge in [0.15, 0.2) is 0 Å². The standard InChI is InChI=1S/C15H24BrN3O/c1-3-9-19-14(20)13(16)12(10-18-19)17-11-15(4-2)7-5-6-8-15/h10,17H,3-9,11H2,1-2H3. The van der Waals surface area contributed by atoms with Crippen LogP contribution in [0.15, 0.2) is 15.5 Å². The number of nitrogens with one attached hydrogen (secondary N) is 1. The summed E-state index contributed by atoms with van der Waals surface area (Å²) >= 11 is 3.41. The van der Waals surface area contributed by atoms with Crippen LogP contribution in [0.1, 0.15) is 52.4 Å². The maximum Gasteiger partial charge on any atom is 0.283 e. The smallest absolute Gasteiger partial charge is 0.283 e. The fourth-order valence-electron chi connectivity index (χ4n) is 3.02. The van der Waals surface area contributed by atoms with Gasteiger partial charge >= 0.3 is 0 Å². The van der Waals surface area contributed by atoms with Gasteiger partial charge in [-0.2, -0.15) is 5.10 Å². The molecule has 2 rings (SSSR count). The summed E-state index contributed by atoms with van der Waals surface area (Å²) in [7, 11) is 0. The van der Waals surface area contributed by atoms with Crippen LogP contribution in [0.3, 0.4) is 0 Å². The number of hydrogen-bond acceptors (Lipinski definition) is 3. The molecule has 0 amide bonds. The third-order valence-corrected chi connectivity index (χ3v) is 5.25. The molecule has 1 aromatic rings. The number of halogens is 1. The Morgan fingerprint density at radius 1 is 1.40 bits per heavy atom. The number of aryl methyl sites for hydroxylation is 1. The summed E-state index contributed by atoms with van der Waals surface area (Å²) in [6.07, 6.45) is 9.09. The lowest BCUT2D eigenvalue weighted by Gasteiger charge is -2.28. The molecule has 1 saturated carbocycles. The predicted octanol–water partition coefficient (Wildman–Crippen LogP) is 3.80. The Labute approximate surface area is 129 Å². The van der Waals surface area contributed by atoms with Gasteiger partial charge in [-0.05, 0) is 47.0 Å². The summed E-state index contributed by atoms with van der Waals surface area (Å²) in [6.45, 7) is 5.90. The van der Waals surface area contributed by atoms with Crippen molar-refractivity contribution in [2.24, 2.45) is 5.41 Å². The van der Waals surface area contributed by atoms with Gasteiger partial charge in [-0.1, -0.05) is 26.7 Å². The number of nitrogens with zero attached hydrogens (tertiary/aromatic N) is 2. The molecule has 0 aromatic carbocycles. The molecule has 0 spiro atoms. The lowest BCUT2D eigenvalue weighted by Crippen LogP contribution is -2.28. The largest absolute Gasteiger partial charge is 0.382 e. The molecule has 1 aromatic heterocycles. The van der Waals surface area contributed by atoms with Crippen molar-refractivity contribution in [1.29, 1.82) is 0 Å². The van der Waals surface area contributed by atoms with Crippen LogP contribution in [0.2, 0.25) is 0 Å². The van der Waals surface area contributed by atoms with Crippen molar-refractivity contribution in [3.05, 3.63) is 21.0 Å². The third-order valence-electron chi connectivity index (χ3n) is 4.49. The molecule has 0 unspecified atom stereocenters. The van der Waals surface area contributed by atoms with Crippen LogP contribution in [0, 0.1) is 5.41 Å². The number of anilines is 1. The molecule has 5 heteroatoms. The molecular weight excluding hydrogens is 318 g/mol. The van der Waals surface area contributed by atoms with Gasteiger partial charge in [-0.25, -0.2) is 4.68 Å². The Bertz CT molecular complexity index is 506. The van der Waals surface area contributed by atoms with E-state index in [9.17, 15) is 4.79 Å². The molecule has 0 bridgehead atoms. The van der Waals surface area contributed by atoms with E-state index in [0.29, 0.717) is 16.4 Å². The van der Waals surface area contributed by atoms with Gasteiger partial charge in [0.05, 0.1) is 11.9 Å². The van der Waals surface area contributed by atoms with Crippen molar-refractivity contribution < 1.29 is 0 Å². The highest BCUT2D eigenvalue weighted by Crippen LogP contribution is 2.41. The molecule has 1 fully saturated rings. The average molecular weight is 342 g/mol. The maximum absolute atomic E-state index is 12.1. The van der Waals surface area contributed by atoms with Gasteiger partial charge in [0.25, 0.3) is 5.56 Å². The molecular formula is C15H24BrN3O. The summed E-state index contributed by atoms with van der Waals surface area (Å²) in [6, 6.07) is 0. The first-order valence-corrected chi connectivity index (χ1v) is 8.40. The second-order valence-electron chi connectivity index (χ2n) is 5.81. The Hall–Kier alpha value is -0.840. The van der Waals surface area contributed by atoms with Crippen LogP contribution in [0.25, 0.3) is 0 Å². The monoisotopic (exact) mass is 341 g/mol. The molecule has 0 radical (unpaired) electrons. The van der Waals surface area contributed by atoms with E-state index >= 15 is 0 Å². The van der Waals surface area contributed by atoms with Crippen LogP contribution in [-0.2, 0) is 6.54 Å². The molecule has 1 aliphatic carbocycles. The molecule has 0 saturated heterocycles. The number of aromatic nitrogens is 2. The Balaban J connectivity index is 2.10. The topological polar surface area (TPSA) is 46.9 Å². The Morgan fingerprint density at radius 3 is 2.70 bits per heavy atom. The van der Waals surface area contributed by atoms with E-state index in [0.717, 1.165) is 18.7 Å². The SMILES string of the molecule is CCCn1ncc(NCC2(CC)CCCC2)c(Br)c1=O. The Kier molecular flexibility index (Phi) is 5.24. The van der Waals surface area contributed by atoms with Crippen LogP contribution >= 0.6 is 15.9 Å². The molecule has 1 aliphatic rings. The van der Waals surface area contributed by atoms with E-state index in [4.69, 9.17) is 0 Å². The Morgan fingerprint density at radius 2 is 2.10 bits per heavy atom. The number of hydrogen-bond donors (Lipinski definition) is 1. The minimum absolute atomic E-state index is 0.0474. The highest BCUT2D eigenvalue weighted by Gasteiger charge is 2.31. The van der Waals surface area contributed by atoms with Crippen molar-refractivity contribution in [2.45, 2.75) is 58.9 Å². The van der Waals surface area contributed by atoms with Gasteiger partial charge in [-0.3, -0.25) is 4.79 Å². The summed E-state index contributed by atoms with van der Waals surface area (Å²) in [5.74, 6) is 0. The van der Waals surface area contributed by atoms with Crippen molar-refractivity contribution >= 4 is 21.6 Å². The molecule has 112 valence electrons. The zero-order valence-corrected chi connectivity index (χ0v) is 14.0. The van der Waals surface area contributed by atoms with Crippen LogP contribution in [0.4, 0.5) is 5.69 Å². The molecule has 0 atom stereocenters. The van der Waals surface area contributed by atoms with E-state index in [1.165, 1.54) is 36.8 Å². The van der Waals surface area contributed by atoms with Crippen molar-refractivity contribution in [2.75, 3.05) is 11.9 Å². The first-order chi connectivity index (χ1) is 9.62. The second-order valence-corrected chi connectivity index (χ2v) is 6.61. The van der Waals surface area contributed by atoms with E-state index < -0.39 is 0 Å². The zero-order valence-electron chi connectivity index (χ0n) is 12.4. The highest BCUT2D eigenvalue weighted by atomic mass is 79.9. The molecule has 0 aliphatic heterocycles. The summed E-state index contributed by atoms with van der Waals surface area (Å²) in [5, 5.41) is 7.67. The van der Waals surface area contributed by atoms with Gasteiger partial charge in [-0.15, -0.1) is 0 Å². The van der Waals surface area contributed by atoms with E-state index in [1.54, 1.807) is 6.20 Å². The number of rotatable bonds is 6. The lowest BCUT2D eigenvalue weighted by atomic mass is 9.83. The first-order valence-electron chi connectivity index (χ1n) is 7.61. The van der Waals surface area contributed by atoms with Gasteiger partial charge < -0.3 is 5.32 Å². The van der Waals surface area contributed by atoms with Crippen molar-refractivity contribution in [1.82, 2.24) is 9.78 Å². The van der Waals surface area contributed by atoms with E-state index in [2.05, 4.69) is 33.3 Å². The van der Waals surface area contributed by atoms with Crippen molar-refractivity contribution in [3.63, 3.8) is 0 Å². The fraction of sp³-hybridized carbons (Fsp3) is 0.733. The normalized spacial score (nSPS) is 17.4. The quantitative estimate of drug-likeness (QED) is 0.855. The van der Waals surface area contributed by atoms with Gasteiger partial charge in [0.2, 0.25) is 0 Å². The van der Waals surface area contributed by atoms with Crippen LogP contribution < -0.4 is 10.9 Å². The molecule has 4 nitrogen and oxygen atoms in total. The fourth-order valence-corrected chi connectivity index (χ4v) is 3.47. The molecule has 1 heterocycles. The molecule has 20 heavy (non-hydrogen) atoms. The maximum atomic E-state index is 12.1. The second kappa shape index (κ2) is 6.74. The highest BCUT2D eigenvalue weighted by molar-refractivity contribution is 9.10.